The maximum Gasteiger partial charge on any atom is 0.119 e. The Kier molecular flexibility index (Phi) is 5.33. The Labute approximate surface area is 99.9 Å². The monoisotopic (exact) mass is 241 g/mol. The maximum absolute atomic E-state index is 5.89. The lowest BCUT2D eigenvalue weighted by atomic mass is 10.2. The lowest BCUT2D eigenvalue weighted by molar-refractivity contribution is 0.313. The minimum Gasteiger partial charge on any atom is -0.494 e. The summed E-state index contributed by atoms with van der Waals surface area (Å²) in [5.41, 5.74) is 1.02. The second kappa shape index (κ2) is 6.57. The third-order valence-electron chi connectivity index (χ3n) is 1.88. The number of hydrogen-bond acceptors (Lipinski definition) is 3. The summed E-state index contributed by atoms with van der Waals surface area (Å²) in [5.74, 6) is 0.836. The number of aliphatic imine (C=N–C) groups is 1. The first-order valence-corrected chi connectivity index (χ1v) is 5.45. The number of nitrogens with zero attached hydrogens (tertiary/aromatic N) is 1. The van der Waals surface area contributed by atoms with E-state index in [1.807, 2.05) is 25.1 Å². The second-order valence-electron chi connectivity index (χ2n) is 3.09. The van der Waals surface area contributed by atoms with Gasteiger partial charge in [-0.2, -0.15) is 0 Å². The van der Waals surface area contributed by atoms with Crippen LogP contribution in [-0.2, 0) is 0 Å². The first kappa shape index (κ1) is 12.2. The number of ether oxygens (including phenoxy) is 1. The van der Waals surface area contributed by atoms with Gasteiger partial charge in [0.15, 0.2) is 0 Å². The van der Waals surface area contributed by atoms with Crippen LogP contribution in [0.1, 0.15) is 12.0 Å². The van der Waals surface area contributed by atoms with Crippen LogP contribution in [0.3, 0.4) is 0 Å². The van der Waals surface area contributed by atoms with Crippen LogP contribution in [-0.4, -0.2) is 18.3 Å². The zero-order valence-electron chi connectivity index (χ0n) is 8.50. The van der Waals surface area contributed by atoms with Crippen LogP contribution in [0.4, 0.5) is 0 Å². The van der Waals surface area contributed by atoms with Gasteiger partial charge in [-0.05, 0) is 42.9 Å². The van der Waals surface area contributed by atoms with E-state index >= 15 is 0 Å². The quantitative estimate of drug-likeness (QED) is 0.447. The molecule has 80 valence electrons. The molecule has 0 bridgehead atoms. The van der Waals surface area contributed by atoms with Crippen molar-refractivity contribution in [3.8, 4) is 5.75 Å². The Hall–Kier alpha value is -0.890. The zero-order chi connectivity index (χ0) is 11.1. The summed E-state index contributed by atoms with van der Waals surface area (Å²) in [6, 6.07) is 5.62. The third kappa shape index (κ3) is 4.43. The van der Waals surface area contributed by atoms with E-state index in [1.165, 1.54) is 0 Å². The van der Waals surface area contributed by atoms with Crippen molar-refractivity contribution in [2.75, 3.05) is 13.2 Å². The minimum absolute atomic E-state index is 0.627. The van der Waals surface area contributed by atoms with Gasteiger partial charge < -0.3 is 4.74 Å². The highest BCUT2D eigenvalue weighted by Gasteiger charge is 1.97. The Morgan fingerprint density at radius 2 is 2.33 bits per heavy atom. The normalized spacial score (nSPS) is 9.47. The summed E-state index contributed by atoms with van der Waals surface area (Å²) in [7, 11) is 0. The molecule has 1 aromatic rings. The average Bonchev–Trinajstić information content (AvgIpc) is 2.23. The molecule has 0 atom stereocenters. The van der Waals surface area contributed by atoms with E-state index in [9.17, 15) is 0 Å². The molecule has 0 aliphatic heterocycles. The number of hydrogen-bond donors (Lipinski definition) is 0. The first-order valence-electron chi connectivity index (χ1n) is 4.66. The lowest BCUT2D eigenvalue weighted by Crippen LogP contribution is -1.99. The summed E-state index contributed by atoms with van der Waals surface area (Å²) >= 11 is 10.3. The van der Waals surface area contributed by atoms with E-state index in [4.69, 9.17) is 16.3 Å². The van der Waals surface area contributed by atoms with Crippen molar-refractivity contribution >= 4 is 29.0 Å². The molecule has 0 unspecified atom stereocenters. The summed E-state index contributed by atoms with van der Waals surface area (Å²) in [6.45, 7) is 3.24. The van der Waals surface area contributed by atoms with Crippen molar-refractivity contribution in [2.45, 2.75) is 13.3 Å². The fourth-order valence-corrected chi connectivity index (χ4v) is 1.30. The van der Waals surface area contributed by atoms with Crippen molar-refractivity contribution in [3.63, 3.8) is 0 Å². The van der Waals surface area contributed by atoms with Gasteiger partial charge in [0.1, 0.15) is 5.75 Å². The number of halogens is 1. The molecule has 0 N–H and O–H groups in total. The Balaban J connectivity index is 2.37. The Morgan fingerprint density at radius 3 is 3.00 bits per heavy atom. The summed E-state index contributed by atoms with van der Waals surface area (Å²) in [4.78, 5) is 3.80. The summed E-state index contributed by atoms with van der Waals surface area (Å²) in [5, 5.41) is 3.08. The van der Waals surface area contributed by atoms with Gasteiger partial charge in [0.25, 0.3) is 0 Å². The highest BCUT2D eigenvalue weighted by atomic mass is 35.5. The number of rotatable bonds is 5. The molecule has 0 amide bonds. The lowest BCUT2D eigenvalue weighted by Gasteiger charge is -2.06. The second-order valence-corrected chi connectivity index (χ2v) is 3.68. The van der Waals surface area contributed by atoms with Crippen molar-refractivity contribution in [2.24, 2.45) is 4.99 Å². The molecule has 0 saturated heterocycles. The Morgan fingerprint density at radius 1 is 1.53 bits per heavy atom. The van der Waals surface area contributed by atoms with Crippen molar-refractivity contribution in [1.29, 1.82) is 0 Å². The third-order valence-corrected chi connectivity index (χ3v) is 2.43. The van der Waals surface area contributed by atoms with Gasteiger partial charge in [-0.1, -0.05) is 11.6 Å². The van der Waals surface area contributed by atoms with E-state index in [-0.39, 0.29) is 0 Å². The van der Waals surface area contributed by atoms with Crippen LogP contribution < -0.4 is 4.74 Å². The number of aryl methyl sites for hydroxylation is 1. The van der Waals surface area contributed by atoms with Gasteiger partial charge in [-0.3, -0.25) is 0 Å². The van der Waals surface area contributed by atoms with E-state index in [0.717, 1.165) is 22.8 Å². The fraction of sp³-hybridized carbons (Fsp3) is 0.364. The van der Waals surface area contributed by atoms with Crippen LogP contribution in [0.15, 0.2) is 23.2 Å². The van der Waals surface area contributed by atoms with E-state index in [1.54, 1.807) is 0 Å². The van der Waals surface area contributed by atoms with Gasteiger partial charge in [0.05, 0.1) is 18.3 Å². The molecular formula is C11H12ClNOS. The summed E-state index contributed by atoms with van der Waals surface area (Å²) < 4.78 is 5.51. The van der Waals surface area contributed by atoms with Gasteiger partial charge in [0.2, 0.25) is 0 Å². The molecule has 15 heavy (non-hydrogen) atoms. The van der Waals surface area contributed by atoms with Crippen LogP contribution in [0.2, 0.25) is 5.02 Å². The first-order chi connectivity index (χ1) is 7.24. The Bertz CT molecular complexity index is 375. The molecule has 2 nitrogen and oxygen atoms in total. The number of benzene rings is 1. The van der Waals surface area contributed by atoms with E-state index in [0.29, 0.717) is 13.2 Å². The highest BCUT2D eigenvalue weighted by Crippen LogP contribution is 2.20. The highest BCUT2D eigenvalue weighted by molar-refractivity contribution is 7.78. The molecule has 0 aliphatic rings. The van der Waals surface area contributed by atoms with Crippen LogP contribution in [0, 0.1) is 6.92 Å². The van der Waals surface area contributed by atoms with Gasteiger partial charge in [0, 0.05) is 11.4 Å². The zero-order valence-corrected chi connectivity index (χ0v) is 10.1. The average molecular weight is 242 g/mol. The van der Waals surface area contributed by atoms with E-state index < -0.39 is 0 Å². The van der Waals surface area contributed by atoms with E-state index in [2.05, 4.69) is 22.4 Å². The molecule has 0 heterocycles. The molecule has 0 aliphatic carbocycles. The largest absolute Gasteiger partial charge is 0.494 e. The molecule has 0 aromatic heterocycles. The fourth-order valence-electron chi connectivity index (χ4n) is 1.09. The molecular weight excluding hydrogens is 230 g/mol. The minimum atomic E-state index is 0.627. The number of thiocarbonyl (C=S) groups is 1. The molecule has 1 aromatic carbocycles. The van der Waals surface area contributed by atoms with Crippen LogP contribution in [0.5, 0.6) is 5.75 Å². The van der Waals surface area contributed by atoms with Gasteiger partial charge in [-0.25, -0.2) is 4.99 Å². The molecule has 4 heteroatoms. The van der Waals surface area contributed by atoms with Crippen molar-refractivity contribution < 1.29 is 4.74 Å². The van der Waals surface area contributed by atoms with Crippen molar-refractivity contribution in [3.05, 3.63) is 28.8 Å². The van der Waals surface area contributed by atoms with Gasteiger partial charge in [-0.15, -0.1) is 0 Å². The molecule has 0 saturated carbocycles. The molecule has 0 radical (unpaired) electrons. The summed E-state index contributed by atoms with van der Waals surface area (Å²) in [6.07, 6.45) is 0.839. The molecule has 1 rings (SSSR count). The standard InChI is InChI=1S/C11H12ClNOS/c1-9-7-10(3-4-11(9)12)14-6-2-5-13-8-15/h3-4,7H,2,5-6H2,1H3. The molecule has 0 fully saturated rings. The van der Waals surface area contributed by atoms with Crippen LogP contribution in [0.25, 0.3) is 0 Å². The maximum atomic E-state index is 5.89. The SMILES string of the molecule is Cc1cc(OCCCN=C=S)ccc1Cl. The van der Waals surface area contributed by atoms with Crippen molar-refractivity contribution in [1.82, 2.24) is 0 Å². The smallest absolute Gasteiger partial charge is 0.119 e. The molecule has 0 spiro atoms. The topological polar surface area (TPSA) is 21.6 Å². The van der Waals surface area contributed by atoms with Gasteiger partial charge >= 0.3 is 0 Å². The number of isothiocyanates is 1. The van der Waals surface area contributed by atoms with Crippen LogP contribution >= 0.6 is 23.8 Å². The predicted octanol–water partition coefficient (Wildman–Crippen LogP) is 3.52. The predicted molar refractivity (Wildman–Crippen MR) is 66.2 cm³/mol.